The molecule has 1 aromatic carbocycles. The van der Waals surface area contributed by atoms with E-state index in [0.717, 1.165) is 23.7 Å². The largest absolute Gasteiger partial charge is 0.349 e. The minimum atomic E-state index is -0.119. The van der Waals surface area contributed by atoms with E-state index in [-0.39, 0.29) is 24.4 Å². The molecule has 1 aromatic rings. The van der Waals surface area contributed by atoms with Gasteiger partial charge in [0, 0.05) is 10.5 Å². The van der Waals surface area contributed by atoms with Crippen LogP contribution in [0.3, 0.4) is 0 Å². The first-order valence-electron chi connectivity index (χ1n) is 6.08. The Labute approximate surface area is 132 Å². The van der Waals surface area contributed by atoms with E-state index in [1.165, 1.54) is 0 Å². The van der Waals surface area contributed by atoms with Crippen LogP contribution in [0.15, 0.2) is 22.7 Å². The highest BCUT2D eigenvalue weighted by Crippen LogP contribution is 2.28. The van der Waals surface area contributed by atoms with Crippen molar-refractivity contribution in [1.29, 1.82) is 0 Å². The Kier molecular flexibility index (Phi) is 6.60. The van der Waals surface area contributed by atoms with Gasteiger partial charge in [0.05, 0.1) is 10.6 Å². The van der Waals surface area contributed by atoms with Gasteiger partial charge < -0.3 is 11.1 Å². The Hall–Kier alpha value is -0.290. The first kappa shape index (κ1) is 16.8. The van der Waals surface area contributed by atoms with Gasteiger partial charge in [0.15, 0.2) is 0 Å². The van der Waals surface area contributed by atoms with Crippen LogP contribution in [0.2, 0.25) is 5.02 Å². The van der Waals surface area contributed by atoms with Gasteiger partial charge in [-0.25, -0.2) is 0 Å². The van der Waals surface area contributed by atoms with Gasteiger partial charge in [-0.05, 0) is 53.4 Å². The Morgan fingerprint density at radius 2 is 2.21 bits per heavy atom. The summed E-state index contributed by atoms with van der Waals surface area (Å²) in [6.07, 6.45) is 3.21. The van der Waals surface area contributed by atoms with Crippen LogP contribution in [-0.2, 0) is 0 Å². The van der Waals surface area contributed by atoms with Crippen molar-refractivity contribution in [3.8, 4) is 0 Å². The summed E-state index contributed by atoms with van der Waals surface area (Å²) < 4.78 is 0.735. The summed E-state index contributed by atoms with van der Waals surface area (Å²) in [4.78, 5) is 12.2. The van der Waals surface area contributed by atoms with E-state index >= 15 is 0 Å². The molecule has 2 rings (SSSR count). The number of nitrogens with one attached hydrogen (secondary N) is 1. The molecule has 1 saturated carbocycles. The highest BCUT2D eigenvalue weighted by atomic mass is 79.9. The Bertz CT molecular complexity index is 456. The molecule has 1 aliphatic rings. The maximum absolute atomic E-state index is 12.2. The lowest BCUT2D eigenvalue weighted by Crippen LogP contribution is -2.39. The van der Waals surface area contributed by atoms with Crippen molar-refractivity contribution in [2.75, 3.05) is 6.54 Å². The summed E-state index contributed by atoms with van der Waals surface area (Å²) in [6.45, 7) is 0.622. The number of carbonyl (C=O) groups is 1. The first-order chi connectivity index (χ1) is 8.63. The predicted molar refractivity (Wildman–Crippen MR) is 84.0 cm³/mol. The monoisotopic (exact) mass is 366 g/mol. The van der Waals surface area contributed by atoms with Crippen molar-refractivity contribution in [1.82, 2.24) is 5.32 Å². The Morgan fingerprint density at radius 3 is 2.89 bits per heavy atom. The second kappa shape index (κ2) is 7.48. The van der Waals surface area contributed by atoms with Crippen LogP contribution in [0, 0.1) is 5.92 Å². The maximum Gasteiger partial charge on any atom is 0.253 e. The normalized spacial score (nSPS) is 21.8. The van der Waals surface area contributed by atoms with Gasteiger partial charge in [0.1, 0.15) is 0 Å². The SMILES string of the molecule is Cl.NCC1CCCC1NC(=O)c1cccc(Br)c1Cl. The molecule has 0 aliphatic heterocycles. The van der Waals surface area contributed by atoms with E-state index < -0.39 is 0 Å². The van der Waals surface area contributed by atoms with E-state index in [2.05, 4.69) is 21.2 Å². The van der Waals surface area contributed by atoms with Crippen molar-refractivity contribution >= 4 is 45.8 Å². The van der Waals surface area contributed by atoms with E-state index in [1.54, 1.807) is 12.1 Å². The molecule has 2 atom stereocenters. The summed E-state index contributed by atoms with van der Waals surface area (Å²) in [5.41, 5.74) is 6.22. The minimum absolute atomic E-state index is 0. The molecule has 3 N–H and O–H groups in total. The summed E-state index contributed by atoms with van der Waals surface area (Å²) in [5.74, 6) is 0.270. The summed E-state index contributed by atoms with van der Waals surface area (Å²) in [5, 5.41) is 3.50. The first-order valence-corrected chi connectivity index (χ1v) is 7.25. The van der Waals surface area contributed by atoms with Gasteiger partial charge in [0.25, 0.3) is 5.91 Å². The van der Waals surface area contributed by atoms with Crippen LogP contribution < -0.4 is 11.1 Å². The van der Waals surface area contributed by atoms with Gasteiger partial charge in [-0.3, -0.25) is 4.79 Å². The average molecular weight is 368 g/mol. The molecule has 2 unspecified atom stereocenters. The van der Waals surface area contributed by atoms with Crippen molar-refractivity contribution < 1.29 is 4.79 Å². The quantitative estimate of drug-likeness (QED) is 0.860. The third kappa shape index (κ3) is 3.85. The minimum Gasteiger partial charge on any atom is -0.349 e. The van der Waals surface area contributed by atoms with Crippen LogP contribution in [-0.4, -0.2) is 18.5 Å². The number of benzene rings is 1. The summed E-state index contributed by atoms with van der Waals surface area (Å²) in [6, 6.07) is 5.53. The Morgan fingerprint density at radius 1 is 1.47 bits per heavy atom. The lowest BCUT2D eigenvalue weighted by atomic mass is 10.0. The highest BCUT2D eigenvalue weighted by molar-refractivity contribution is 9.10. The number of rotatable bonds is 3. The molecule has 1 aliphatic carbocycles. The Balaban J connectivity index is 0.00000180. The molecule has 106 valence electrons. The van der Waals surface area contributed by atoms with Gasteiger partial charge in [-0.15, -0.1) is 12.4 Å². The summed E-state index contributed by atoms with van der Waals surface area (Å²) >= 11 is 9.43. The second-order valence-corrected chi connectivity index (χ2v) is 5.84. The molecule has 6 heteroatoms. The fourth-order valence-corrected chi connectivity index (χ4v) is 3.01. The topological polar surface area (TPSA) is 55.1 Å². The number of amides is 1. The van der Waals surface area contributed by atoms with Crippen molar-refractivity contribution in [3.05, 3.63) is 33.3 Å². The average Bonchev–Trinajstić information content (AvgIpc) is 2.79. The fraction of sp³-hybridized carbons (Fsp3) is 0.462. The molecular formula is C13H17BrCl2N2O. The van der Waals surface area contributed by atoms with Crippen LogP contribution in [0.25, 0.3) is 0 Å². The lowest BCUT2D eigenvalue weighted by molar-refractivity contribution is 0.0929. The molecule has 1 fully saturated rings. The van der Waals surface area contributed by atoms with E-state index in [4.69, 9.17) is 17.3 Å². The molecular weight excluding hydrogens is 351 g/mol. The zero-order valence-corrected chi connectivity index (χ0v) is 13.5. The molecule has 0 saturated heterocycles. The van der Waals surface area contributed by atoms with E-state index in [1.807, 2.05) is 6.07 Å². The number of halogens is 3. The third-order valence-corrected chi connectivity index (χ3v) is 4.77. The lowest BCUT2D eigenvalue weighted by Gasteiger charge is -2.19. The molecule has 1 amide bonds. The molecule has 3 nitrogen and oxygen atoms in total. The smallest absolute Gasteiger partial charge is 0.253 e. The van der Waals surface area contributed by atoms with Gasteiger partial charge >= 0.3 is 0 Å². The standard InChI is InChI=1S/C13H16BrClN2O.ClH/c14-10-5-2-4-9(12(10)15)13(18)17-11-6-1-3-8(11)7-16;/h2,4-5,8,11H,1,3,6-7,16H2,(H,17,18);1H. The van der Waals surface area contributed by atoms with Gasteiger partial charge in [0.2, 0.25) is 0 Å². The van der Waals surface area contributed by atoms with E-state index in [0.29, 0.717) is 23.0 Å². The van der Waals surface area contributed by atoms with Crippen molar-refractivity contribution in [2.45, 2.75) is 25.3 Å². The zero-order valence-electron chi connectivity index (χ0n) is 10.4. The fourth-order valence-electron chi connectivity index (χ4n) is 2.43. The zero-order chi connectivity index (χ0) is 13.1. The number of carbonyl (C=O) groups excluding carboxylic acids is 1. The molecule has 19 heavy (non-hydrogen) atoms. The molecule has 0 heterocycles. The predicted octanol–water partition coefficient (Wildman–Crippen LogP) is 3.38. The van der Waals surface area contributed by atoms with Crippen LogP contribution in [0.1, 0.15) is 29.6 Å². The van der Waals surface area contributed by atoms with Gasteiger partial charge in [-0.1, -0.05) is 24.1 Å². The van der Waals surface area contributed by atoms with Crippen LogP contribution >= 0.6 is 39.9 Å². The highest BCUT2D eigenvalue weighted by Gasteiger charge is 2.28. The van der Waals surface area contributed by atoms with Crippen LogP contribution in [0.5, 0.6) is 0 Å². The number of hydrogen-bond donors (Lipinski definition) is 2. The molecule has 0 spiro atoms. The number of hydrogen-bond acceptors (Lipinski definition) is 2. The molecule has 0 bridgehead atoms. The summed E-state index contributed by atoms with van der Waals surface area (Å²) in [7, 11) is 0. The van der Waals surface area contributed by atoms with E-state index in [9.17, 15) is 4.79 Å². The van der Waals surface area contributed by atoms with Crippen molar-refractivity contribution in [3.63, 3.8) is 0 Å². The molecule has 0 radical (unpaired) electrons. The number of nitrogens with two attached hydrogens (primary N) is 1. The van der Waals surface area contributed by atoms with Crippen LogP contribution in [0.4, 0.5) is 0 Å². The molecule has 0 aromatic heterocycles. The van der Waals surface area contributed by atoms with Crippen molar-refractivity contribution in [2.24, 2.45) is 11.7 Å². The third-order valence-electron chi connectivity index (χ3n) is 3.47. The second-order valence-electron chi connectivity index (χ2n) is 4.61. The maximum atomic E-state index is 12.2. The van der Waals surface area contributed by atoms with Gasteiger partial charge in [-0.2, -0.15) is 0 Å².